The van der Waals surface area contributed by atoms with Crippen LogP contribution in [0, 0.1) is 0 Å². The first-order chi connectivity index (χ1) is 18.0. The molecule has 2 rings (SSSR count). The minimum atomic E-state index is -1.21. The predicted octanol–water partition coefficient (Wildman–Crippen LogP) is -1.01. The average Bonchev–Trinajstić information content (AvgIpc) is 3.27. The second kappa shape index (κ2) is 14.7. The van der Waals surface area contributed by atoms with Crippen molar-refractivity contribution in [2.45, 2.75) is 69.6 Å². The molecule has 13 heteroatoms. The van der Waals surface area contributed by atoms with Gasteiger partial charge in [-0.1, -0.05) is 18.2 Å². The molecule has 0 bridgehead atoms. The van der Waals surface area contributed by atoms with Gasteiger partial charge in [-0.3, -0.25) is 19.2 Å². The monoisotopic (exact) mass is 531 g/mol. The molecule has 4 amide bonds. The number of nitrogens with one attached hydrogen (secondary N) is 4. The number of carbonyl (C=O) groups is 5. The molecule has 2 aromatic rings. The zero-order valence-corrected chi connectivity index (χ0v) is 21.4. The van der Waals surface area contributed by atoms with Gasteiger partial charge in [0.2, 0.25) is 23.6 Å². The summed E-state index contributed by atoms with van der Waals surface area (Å²) in [5.41, 5.74) is 17.8. The Morgan fingerprint density at radius 2 is 1.55 bits per heavy atom. The molecular formula is C25H37N7O6. The maximum Gasteiger partial charge on any atom is 0.326 e. The van der Waals surface area contributed by atoms with Crippen LogP contribution in [0.2, 0.25) is 0 Å². The number of aliphatic carboxylic acids is 1. The number of carboxylic acid groups (broad SMARTS) is 1. The van der Waals surface area contributed by atoms with Gasteiger partial charge < -0.3 is 43.2 Å². The van der Waals surface area contributed by atoms with Gasteiger partial charge in [0.15, 0.2) is 0 Å². The lowest BCUT2D eigenvalue weighted by atomic mass is 10.0. The molecule has 38 heavy (non-hydrogen) atoms. The minimum absolute atomic E-state index is 0.0283. The van der Waals surface area contributed by atoms with Crippen LogP contribution >= 0.6 is 0 Å². The molecule has 4 atom stereocenters. The number of amides is 4. The molecule has 1 aromatic carbocycles. The fraction of sp³-hybridized carbons (Fsp3) is 0.480. The topological polar surface area (TPSA) is 236 Å². The smallest absolute Gasteiger partial charge is 0.326 e. The van der Waals surface area contributed by atoms with Gasteiger partial charge in [-0.25, -0.2) is 4.79 Å². The number of aromatic amines is 1. The van der Waals surface area contributed by atoms with Crippen molar-refractivity contribution in [3.63, 3.8) is 0 Å². The number of hydrogen-bond acceptors (Lipinski definition) is 7. The maximum absolute atomic E-state index is 13.3. The highest BCUT2D eigenvalue weighted by Gasteiger charge is 2.30. The van der Waals surface area contributed by atoms with Crippen molar-refractivity contribution in [1.82, 2.24) is 20.9 Å². The molecule has 0 aliphatic carbocycles. The van der Waals surface area contributed by atoms with Gasteiger partial charge in [0.1, 0.15) is 18.1 Å². The lowest BCUT2D eigenvalue weighted by Gasteiger charge is -2.25. The van der Waals surface area contributed by atoms with Crippen molar-refractivity contribution < 1.29 is 29.1 Å². The van der Waals surface area contributed by atoms with Gasteiger partial charge in [-0.05, 0) is 50.8 Å². The van der Waals surface area contributed by atoms with Gasteiger partial charge in [-0.15, -0.1) is 0 Å². The van der Waals surface area contributed by atoms with E-state index in [1.54, 1.807) is 6.20 Å². The molecule has 208 valence electrons. The fourth-order valence-electron chi connectivity index (χ4n) is 3.88. The number of rotatable bonds is 16. The Morgan fingerprint density at radius 3 is 2.18 bits per heavy atom. The number of para-hydroxylation sites is 1. The first kappa shape index (κ1) is 30.3. The summed E-state index contributed by atoms with van der Waals surface area (Å²) < 4.78 is 0. The third-order valence-corrected chi connectivity index (χ3v) is 6.02. The number of nitrogens with two attached hydrogens (primary N) is 3. The van der Waals surface area contributed by atoms with Crippen LogP contribution in [0.4, 0.5) is 0 Å². The molecule has 0 fully saturated rings. The SMILES string of the molecule is CC(N)C(=O)NC(CCC(N)=O)C(=O)NC(Cc1c[nH]c2ccccc12)C(=O)NC(CCCCN)C(=O)O. The maximum atomic E-state index is 13.3. The molecule has 0 radical (unpaired) electrons. The predicted molar refractivity (Wildman–Crippen MR) is 140 cm³/mol. The van der Waals surface area contributed by atoms with E-state index in [1.807, 2.05) is 24.3 Å². The summed E-state index contributed by atoms with van der Waals surface area (Å²) >= 11 is 0. The van der Waals surface area contributed by atoms with E-state index in [2.05, 4.69) is 20.9 Å². The Bertz CT molecular complexity index is 1130. The minimum Gasteiger partial charge on any atom is -0.480 e. The largest absolute Gasteiger partial charge is 0.480 e. The lowest BCUT2D eigenvalue weighted by Crippen LogP contribution is -2.57. The molecular weight excluding hydrogens is 494 g/mol. The normalized spacial score (nSPS) is 14.2. The van der Waals surface area contributed by atoms with E-state index in [0.717, 1.165) is 10.9 Å². The zero-order valence-electron chi connectivity index (χ0n) is 21.4. The van der Waals surface area contributed by atoms with Crippen LogP contribution in [0.15, 0.2) is 30.5 Å². The van der Waals surface area contributed by atoms with Gasteiger partial charge in [0, 0.05) is 29.9 Å². The molecule has 4 unspecified atom stereocenters. The Morgan fingerprint density at radius 1 is 0.921 bits per heavy atom. The first-order valence-electron chi connectivity index (χ1n) is 12.5. The number of fused-ring (bicyclic) bond motifs is 1. The van der Waals surface area contributed by atoms with Crippen LogP contribution < -0.4 is 33.2 Å². The Kier molecular flexibility index (Phi) is 11.7. The highest BCUT2D eigenvalue weighted by Crippen LogP contribution is 2.19. The molecule has 0 saturated heterocycles. The van der Waals surface area contributed by atoms with Crippen molar-refractivity contribution in [2.24, 2.45) is 17.2 Å². The third-order valence-electron chi connectivity index (χ3n) is 6.02. The molecule has 0 spiro atoms. The Hall–Kier alpha value is -3.97. The summed E-state index contributed by atoms with van der Waals surface area (Å²) in [7, 11) is 0. The van der Waals surface area contributed by atoms with Gasteiger partial charge in [0.05, 0.1) is 6.04 Å². The van der Waals surface area contributed by atoms with Crippen molar-refractivity contribution >= 4 is 40.5 Å². The summed E-state index contributed by atoms with van der Waals surface area (Å²) in [5.74, 6) is -3.96. The van der Waals surface area contributed by atoms with E-state index in [4.69, 9.17) is 17.2 Å². The number of hydrogen-bond donors (Lipinski definition) is 8. The van der Waals surface area contributed by atoms with E-state index < -0.39 is 53.8 Å². The third kappa shape index (κ3) is 9.16. The van der Waals surface area contributed by atoms with Crippen LogP contribution in [0.3, 0.4) is 0 Å². The summed E-state index contributed by atoms with van der Waals surface area (Å²) in [6.07, 6.45) is 2.67. The Balaban J connectivity index is 2.31. The van der Waals surface area contributed by atoms with Crippen molar-refractivity contribution in [2.75, 3.05) is 6.54 Å². The number of carbonyl (C=O) groups excluding carboxylic acids is 4. The van der Waals surface area contributed by atoms with Gasteiger partial charge in [0.25, 0.3) is 0 Å². The van der Waals surface area contributed by atoms with Gasteiger partial charge in [-0.2, -0.15) is 0 Å². The van der Waals surface area contributed by atoms with Crippen LogP contribution in [0.5, 0.6) is 0 Å². The average molecular weight is 532 g/mol. The second-order valence-corrected chi connectivity index (χ2v) is 9.16. The number of carboxylic acids is 1. The highest BCUT2D eigenvalue weighted by atomic mass is 16.4. The number of unbranched alkanes of at least 4 members (excludes halogenated alkanes) is 1. The number of benzene rings is 1. The van der Waals surface area contributed by atoms with E-state index in [9.17, 15) is 29.1 Å². The van der Waals surface area contributed by atoms with Crippen LogP contribution in [-0.2, 0) is 30.4 Å². The zero-order chi connectivity index (χ0) is 28.2. The summed E-state index contributed by atoms with van der Waals surface area (Å²) in [5, 5.41) is 18.0. The summed E-state index contributed by atoms with van der Waals surface area (Å²) in [6.45, 7) is 1.82. The lowest BCUT2D eigenvalue weighted by molar-refractivity contribution is -0.142. The van der Waals surface area contributed by atoms with Crippen LogP contribution in [0.25, 0.3) is 10.9 Å². The van der Waals surface area contributed by atoms with Crippen LogP contribution in [-0.4, -0.2) is 70.4 Å². The number of primary amides is 1. The molecule has 0 aliphatic heterocycles. The van der Waals surface area contributed by atoms with Crippen molar-refractivity contribution in [3.8, 4) is 0 Å². The second-order valence-electron chi connectivity index (χ2n) is 9.16. The van der Waals surface area contributed by atoms with E-state index in [-0.39, 0.29) is 25.7 Å². The number of H-pyrrole nitrogens is 1. The van der Waals surface area contributed by atoms with Gasteiger partial charge >= 0.3 is 5.97 Å². The van der Waals surface area contributed by atoms with E-state index in [0.29, 0.717) is 24.9 Å². The molecule has 0 saturated carbocycles. The van der Waals surface area contributed by atoms with E-state index >= 15 is 0 Å². The van der Waals surface area contributed by atoms with Crippen molar-refractivity contribution in [3.05, 3.63) is 36.0 Å². The Labute approximate surface area is 220 Å². The molecule has 11 N–H and O–H groups in total. The van der Waals surface area contributed by atoms with Crippen LogP contribution in [0.1, 0.15) is 44.6 Å². The van der Waals surface area contributed by atoms with Crippen molar-refractivity contribution in [1.29, 1.82) is 0 Å². The first-order valence-corrected chi connectivity index (χ1v) is 12.5. The molecule has 0 aliphatic rings. The fourth-order valence-corrected chi connectivity index (χ4v) is 3.88. The summed E-state index contributed by atoms with van der Waals surface area (Å²) in [4.78, 5) is 64.9. The summed E-state index contributed by atoms with van der Waals surface area (Å²) in [6, 6.07) is 2.89. The molecule has 1 aromatic heterocycles. The quantitative estimate of drug-likeness (QED) is 0.125. The standard InChI is InChI=1S/C25H37N7O6/c1-14(27)22(34)30-18(9-10-21(28)33)23(35)32-20(12-15-13-29-17-7-3-2-6-16(15)17)24(36)31-19(25(37)38)8-4-5-11-26/h2-3,6-7,13-14,18-20,29H,4-5,8-12,26-27H2,1H3,(H2,28,33)(H,30,34)(H,31,36)(H,32,35)(H,37,38). The molecule has 1 heterocycles. The van der Waals surface area contributed by atoms with E-state index in [1.165, 1.54) is 6.92 Å². The molecule has 13 nitrogen and oxygen atoms in total. The number of aromatic nitrogens is 1. The highest BCUT2D eigenvalue weighted by molar-refractivity contribution is 5.95.